The maximum atomic E-state index is 12.5. The predicted molar refractivity (Wildman–Crippen MR) is 76.7 cm³/mol. The summed E-state index contributed by atoms with van der Waals surface area (Å²) in [7, 11) is 1.57. The van der Waals surface area contributed by atoms with Gasteiger partial charge in [-0.1, -0.05) is 17.7 Å². The molecule has 1 aromatic carbocycles. The Kier molecular flexibility index (Phi) is 3.42. The molecule has 2 aromatic rings. The fraction of sp³-hybridized carbons (Fsp3) is 0.333. The highest BCUT2D eigenvalue weighted by atomic mass is 16.2. The number of aryl methyl sites for hydroxylation is 1. The fourth-order valence-electron chi connectivity index (χ4n) is 2.25. The molecule has 1 N–H and O–H groups in total. The number of rotatable bonds is 2. The number of pyridine rings is 1. The number of hydrogen-bond acceptors (Lipinski definition) is 2. The molecule has 0 unspecified atom stereocenters. The monoisotopic (exact) mass is 258 g/mol. The highest BCUT2D eigenvalue weighted by molar-refractivity contribution is 5.96. The molecule has 1 amide bonds. The number of aromatic nitrogens is 1. The predicted octanol–water partition coefficient (Wildman–Crippen LogP) is 2.25. The first-order valence-corrected chi connectivity index (χ1v) is 6.33. The summed E-state index contributed by atoms with van der Waals surface area (Å²) in [4.78, 5) is 24.5. The van der Waals surface area contributed by atoms with Gasteiger partial charge in [-0.25, -0.2) is 0 Å². The van der Waals surface area contributed by atoms with E-state index in [1.54, 1.807) is 17.7 Å². The number of nitrogens with one attached hydrogen (secondary N) is 1. The van der Waals surface area contributed by atoms with Crippen LogP contribution in [0, 0.1) is 6.92 Å². The van der Waals surface area contributed by atoms with Crippen LogP contribution in [0.25, 0.3) is 10.8 Å². The second-order valence-electron chi connectivity index (χ2n) is 4.97. The maximum absolute atomic E-state index is 12.5. The summed E-state index contributed by atoms with van der Waals surface area (Å²) in [5.41, 5.74) is 1.32. The quantitative estimate of drug-likeness (QED) is 0.898. The SMILES string of the molecule is CNC(=O)c1cc2ccc(C)cc2c(=O)n1C(C)C. The second kappa shape index (κ2) is 4.88. The zero-order valence-corrected chi connectivity index (χ0v) is 11.7. The van der Waals surface area contributed by atoms with Crippen LogP contribution in [0.15, 0.2) is 29.1 Å². The first-order valence-electron chi connectivity index (χ1n) is 6.33. The Bertz CT molecular complexity index is 699. The van der Waals surface area contributed by atoms with E-state index in [9.17, 15) is 9.59 Å². The van der Waals surface area contributed by atoms with Crippen molar-refractivity contribution in [1.82, 2.24) is 9.88 Å². The summed E-state index contributed by atoms with van der Waals surface area (Å²) < 4.78 is 1.54. The lowest BCUT2D eigenvalue weighted by molar-refractivity contribution is 0.0951. The van der Waals surface area contributed by atoms with E-state index in [-0.39, 0.29) is 17.5 Å². The summed E-state index contributed by atoms with van der Waals surface area (Å²) in [6, 6.07) is 7.39. The van der Waals surface area contributed by atoms with E-state index in [2.05, 4.69) is 5.32 Å². The number of fused-ring (bicyclic) bond motifs is 1. The molecule has 100 valence electrons. The molecule has 4 heteroatoms. The minimum absolute atomic E-state index is 0.0651. The summed E-state index contributed by atoms with van der Waals surface area (Å²) in [6.45, 7) is 5.75. The Morgan fingerprint density at radius 3 is 2.53 bits per heavy atom. The number of hydrogen-bond donors (Lipinski definition) is 1. The van der Waals surface area contributed by atoms with Gasteiger partial charge in [-0.05, 0) is 38.3 Å². The lowest BCUT2D eigenvalue weighted by Crippen LogP contribution is -2.31. The molecule has 0 saturated heterocycles. The average molecular weight is 258 g/mol. The molecule has 0 atom stereocenters. The van der Waals surface area contributed by atoms with E-state index in [0.29, 0.717) is 11.1 Å². The van der Waals surface area contributed by atoms with Gasteiger partial charge in [0.1, 0.15) is 5.69 Å². The van der Waals surface area contributed by atoms with E-state index >= 15 is 0 Å². The zero-order valence-electron chi connectivity index (χ0n) is 11.7. The fourth-order valence-corrected chi connectivity index (χ4v) is 2.25. The van der Waals surface area contributed by atoms with Gasteiger partial charge < -0.3 is 9.88 Å². The number of carbonyl (C=O) groups excluding carboxylic acids is 1. The smallest absolute Gasteiger partial charge is 0.267 e. The first kappa shape index (κ1) is 13.3. The van der Waals surface area contributed by atoms with Gasteiger partial charge in [0, 0.05) is 18.5 Å². The Morgan fingerprint density at radius 2 is 1.95 bits per heavy atom. The van der Waals surface area contributed by atoms with Gasteiger partial charge in [0.15, 0.2) is 0 Å². The molecule has 0 saturated carbocycles. The lowest BCUT2D eigenvalue weighted by Gasteiger charge is -2.16. The topological polar surface area (TPSA) is 51.1 Å². The van der Waals surface area contributed by atoms with Crippen LogP contribution in [0.2, 0.25) is 0 Å². The Hall–Kier alpha value is -2.10. The van der Waals surface area contributed by atoms with Crippen LogP contribution in [0.1, 0.15) is 35.9 Å². The molecular formula is C15H18N2O2. The van der Waals surface area contributed by atoms with Crippen molar-refractivity contribution in [2.24, 2.45) is 0 Å². The van der Waals surface area contributed by atoms with E-state index in [1.165, 1.54) is 0 Å². The summed E-state index contributed by atoms with van der Waals surface area (Å²) in [5, 5.41) is 4.03. The van der Waals surface area contributed by atoms with Gasteiger partial charge in [0.05, 0.1) is 0 Å². The zero-order chi connectivity index (χ0) is 14.2. The Balaban J connectivity index is 2.89. The molecule has 2 rings (SSSR count). The normalized spacial score (nSPS) is 11.0. The minimum atomic E-state index is -0.242. The van der Waals surface area contributed by atoms with Gasteiger partial charge in [-0.15, -0.1) is 0 Å². The average Bonchev–Trinajstić information content (AvgIpc) is 2.37. The first-order chi connectivity index (χ1) is 8.95. The number of carbonyl (C=O) groups is 1. The van der Waals surface area contributed by atoms with Gasteiger partial charge in [0.2, 0.25) is 0 Å². The van der Waals surface area contributed by atoms with E-state index in [0.717, 1.165) is 10.9 Å². The van der Waals surface area contributed by atoms with Crippen LogP contribution < -0.4 is 10.9 Å². The van der Waals surface area contributed by atoms with Gasteiger partial charge in [0.25, 0.3) is 11.5 Å². The third-order valence-corrected chi connectivity index (χ3v) is 3.19. The van der Waals surface area contributed by atoms with Crippen LogP contribution >= 0.6 is 0 Å². The van der Waals surface area contributed by atoms with Crippen molar-refractivity contribution in [3.63, 3.8) is 0 Å². The highest BCUT2D eigenvalue weighted by Crippen LogP contribution is 2.17. The van der Waals surface area contributed by atoms with E-state index < -0.39 is 0 Å². The Labute approximate surface area is 112 Å². The van der Waals surface area contributed by atoms with E-state index in [1.807, 2.05) is 39.0 Å². The molecular weight excluding hydrogens is 240 g/mol. The van der Waals surface area contributed by atoms with Crippen molar-refractivity contribution in [3.8, 4) is 0 Å². The molecule has 0 fully saturated rings. The lowest BCUT2D eigenvalue weighted by atomic mass is 10.1. The van der Waals surface area contributed by atoms with Gasteiger partial charge in [-0.3, -0.25) is 9.59 Å². The van der Waals surface area contributed by atoms with Crippen molar-refractivity contribution in [3.05, 3.63) is 45.9 Å². The van der Waals surface area contributed by atoms with Crippen LogP contribution in [0.5, 0.6) is 0 Å². The van der Waals surface area contributed by atoms with Crippen molar-refractivity contribution < 1.29 is 4.79 Å². The second-order valence-corrected chi connectivity index (χ2v) is 4.97. The molecule has 1 aromatic heterocycles. The third-order valence-electron chi connectivity index (χ3n) is 3.19. The molecule has 0 aliphatic heterocycles. The molecule has 0 bridgehead atoms. The standard InChI is InChI=1S/C15H18N2O2/c1-9(2)17-13(14(18)16-4)8-11-6-5-10(3)7-12(11)15(17)19/h5-9H,1-4H3,(H,16,18). The number of benzene rings is 1. The molecule has 0 aliphatic rings. The molecule has 0 aliphatic carbocycles. The summed E-state index contributed by atoms with van der Waals surface area (Å²) in [6.07, 6.45) is 0. The van der Waals surface area contributed by atoms with Crippen molar-refractivity contribution >= 4 is 16.7 Å². The third kappa shape index (κ3) is 2.26. The van der Waals surface area contributed by atoms with Crippen molar-refractivity contribution in [2.45, 2.75) is 26.8 Å². The summed E-state index contributed by atoms with van der Waals surface area (Å²) in [5.74, 6) is -0.242. The van der Waals surface area contributed by atoms with Crippen LogP contribution in [0.3, 0.4) is 0 Å². The molecule has 0 radical (unpaired) electrons. The minimum Gasteiger partial charge on any atom is -0.354 e. The number of amides is 1. The maximum Gasteiger partial charge on any atom is 0.267 e. The van der Waals surface area contributed by atoms with Crippen LogP contribution in [-0.2, 0) is 0 Å². The molecule has 1 heterocycles. The van der Waals surface area contributed by atoms with Crippen LogP contribution in [-0.4, -0.2) is 17.5 Å². The molecule has 19 heavy (non-hydrogen) atoms. The molecule has 4 nitrogen and oxygen atoms in total. The van der Waals surface area contributed by atoms with Crippen molar-refractivity contribution in [2.75, 3.05) is 7.05 Å². The largest absolute Gasteiger partial charge is 0.354 e. The molecule has 0 spiro atoms. The van der Waals surface area contributed by atoms with Gasteiger partial charge in [-0.2, -0.15) is 0 Å². The summed E-state index contributed by atoms with van der Waals surface area (Å²) >= 11 is 0. The van der Waals surface area contributed by atoms with Gasteiger partial charge >= 0.3 is 0 Å². The highest BCUT2D eigenvalue weighted by Gasteiger charge is 2.16. The number of nitrogens with zero attached hydrogens (tertiary/aromatic N) is 1. The van der Waals surface area contributed by atoms with Crippen LogP contribution in [0.4, 0.5) is 0 Å². The van der Waals surface area contributed by atoms with Crippen molar-refractivity contribution in [1.29, 1.82) is 0 Å². The van der Waals surface area contributed by atoms with E-state index in [4.69, 9.17) is 0 Å². The Morgan fingerprint density at radius 1 is 1.26 bits per heavy atom.